The van der Waals surface area contributed by atoms with Crippen LogP contribution in [0, 0.1) is 5.82 Å². The van der Waals surface area contributed by atoms with E-state index >= 15 is 0 Å². The van der Waals surface area contributed by atoms with Crippen molar-refractivity contribution in [2.24, 2.45) is 0 Å². The van der Waals surface area contributed by atoms with Gasteiger partial charge in [0.2, 0.25) is 5.91 Å². The van der Waals surface area contributed by atoms with E-state index in [4.69, 9.17) is 0 Å². The molecular formula is C17H19FN4O2. The summed E-state index contributed by atoms with van der Waals surface area (Å²) in [4.78, 5) is 26.2. The SMILES string of the molecule is CCCN1C[C@@H](NC(=O)c2cn[nH]c2-c2cccc(F)c2)CC1=O. The van der Waals surface area contributed by atoms with Crippen molar-refractivity contribution in [1.29, 1.82) is 0 Å². The summed E-state index contributed by atoms with van der Waals surface area (Å²) in [6, 6.07) is 5.74. The van der Waals surface area contributed by atoms with Crippen molar-refractivity contribution in [2.75, 3.05) is 13.1 Å². The summed E-state index contributed by atoms with van der Waals surface area (Å²) in [5, 5.41) is 9.51. The van der Waals surface area contributed by atoms with Crippen LogP contribution in [0.3, 0.4) is 0 Å². The Balaban J connectivity index is 1.73. The van der Waals surface area contributed by atoms with E-state index in [1.165, 1.54) is 18.3 Å². The number of carbonyl (C=O) groups excluding carboxylic acids is 2. The molecule has 2 amide bonds. The number of H-pyrrole nitrogens is 1. The highest BCUT2D eigenvalue weighted by Gasteiger charge is 2.30. The van der Waals surface area contributed by atoms with Gasteiger partial charge in [-0.15, -0.1) is 0 Å². The highest BCUT2D eigenvalue weighted by molar-refractivity contribution is 6.00. The van der Waals surface area contributed by atoms with E-state index in [2.05, 4.69) is 15.5 Å². The van der Waals surface area contributed by atoms with Gasteiger partial charge in [0, 0.05) is 25.1 Å². The lowest BCUT2D eigenvalue weighted by molar-refractivity contribution is -0.127. The zero-order valence-corrected chi connectivity index (χ0v) is 13.4. The van der Waals surface area contributed by atoms with Crippen LogP contribution in [-0.2, 0) is 4.79 Å². The summed E-state index contributed by atoms with van der Waals surface area (Å²) in [7, 11) is 0. The van der Waals surface area contributed by atoms with Crippen LogP contribution in [0.1, 0.15) is 30.1 Å². The second kappa shape index (κ2) is 6.82. The average Bonchev–Trinajstić information content (AvgIpc) is 3.15. The van der Waals surface area contributed by atoms with Crippen molar-refractivity contribution in [3.8, 4) is 11.3 Å². The van der Waals surface area contributed by atoms with Crippen LogP contribution in [0.5, 0.6) is 0 Å². The quantitative estimate of drug-likeness (QED) is 0.880. The number of aromatic nitrogens is 2. The molecule has 1 fully saturated rings. The van der Waals surface area contributed by atoms with Gasteiger partial charge >= 0.3 is 0 Å². The molecule has 0 spiro atoms. The average molecular weight is 330 g/mol. The molecule has 24 heavy (non-hydrogen) atoms. The molecule has 1 aliphatic rings. The number of nitrogens with one attached hydrogen (secondary N) is 2. The molecule has 7 heteroatoms. The molecule has 1 saturated heterocycles. The molecule has 2 heterocycles. The number of aromatic amines is 1. The van der Waals surface area contributed by atoms with Crippen molar-refractivity contribution in [3.63, 3.8) is 0 Å². The number of nitrogens with zero attached hydrogens (tertiary/aromatic N) is 2. The maximum absolute atomic E-state index is 13.4. The van der Waals surface area contributed by atoms with Crippen LogP contribution in [0.2, 0.25) is 0 Å². The molecule has 0 radical (unpaired) electrons. The fourth-order valence-electron chi connectivity index (χ4n) is 2.94. The van der Waals surface area contributed by atoms with Gasteiger partial charge in [-0.25, -0.2) is 4.39 Å². The lowest BCUT2D eigenvalue weighted by atomic mass is 10.1. The van der Waals surface area contributed by atoms with Crippen molar-refractivity contribution in [1.82, 2.24) is 20.4 Å². The Bertz CT molecular complexity index is 759. The Kier molecular flexibility index (Phi) is 4.59. The number of rotatable bonds is 5. The van der Waals surface area contributed by atoms with Crippen LogP contribution in [0.25, 0.3) is 11.3 Å². The van der Waals surface area contributed by atoms with E-state index in [1.54, 1.807) is 17.0 Å². The molecule has 3 rings (SSSR count). The van der Waals surface area contributed by atoms with Crippen LogP contribution in [0.15, 0.2) is 30.5 Å². The molecule has 2 aromatic rings. The number of hydrogen-bond donors (Lipinski definition) is 2. The van der Waals surface area contributed by atoms with E-state index in [0.29, 0.717) is 36.3 Å². The number of amides is 2. The Morgan fingerprint density at radius 1 is 1.50 bits per heavy atom. The third-order valence-corrected chi connectivity index (χ3v) is 4.04. The minimum Gasteiger partial charge on any atom is -0.347 e. The topological polar surface area (TPSA) is 78.1 Å². The van der Waals surface area contributed by atoms with E-state index in [0.717, 1.165) is 6.42 Å². The fraction of sp³-hybridized carbons (Fsp3) is 0.353. The number of benzene rings is 1. The lowest BCUT2D eigenvalue weighted by Gasteiger charge is -2.16. The molecule has 1 atom stereocenters. The zero-order chi connectivity index (χ0) is 17.1. The normalized spacial score (nSPS) is 17.3. The van der Waals surface area contributed by atoms with Crippen LogP contribution in [-0.4, -0.2) is 46.0 Å². The highest BCUT2D eigenvalue weighted by atomic mass is 19.1. The van der Waals surface area contributed by atoms with E-state index < -0.39 is 0 Å². The van der Waals surface area contributed by atoms with Crippen molar-refractivity contribution < 1.29 is 14.0 Å². The van der Waals surface area contributed by atoms with Gasteiger partial charge in [-0.2, -0.15) is 5.10 Å². The van der Waals surface area contributed by atoms with Crippen LogP contribution >= 0.6 is 0 Å². The largest absolute Gasteiger partial charge is 0.347 e. The first-order valence-corrected chi connectivity index (χ1v) is 7.96. The summed E-state index contributed by atoms with van der Waals surface area (Å²) in [5.74, 6) is -0.649. The summed E-state index contributed by atoms with van der Waals surface area (Å²) in [6.45, 7) is 3.23. The lowest BCUT2D eigenvalue weighted by Crippen LogP contribution is -2.37. The maximum Gasteiger partial charge on any atom is 0.255 e. The van der Waals surface area contributed by atoms with Gasteiger partial charge < -0.3 is 10.2 Å². The molecule has 2 N–H and O–H groups in total. The minimum absolute atomic E-state index is 0.0553. The van der Waals surface area contributed by atoms with Crippen molar-refractivity contribution in [3.05, 3.63) is 41.8 Å². The molecular weight excluding hydrogens is 311 g/mol. The van der Waals surface area contributed by atoms with Gasteiger partial charge in [0.05, 0.1) is 23.5 Å². The minimum atomic E-state index is -0.384. The van der Waals surface area contributed by atoms with Gasteiger partial charge in [-0.1, -0.05) is 19.1 Å². The zero-order valence-electron chi connectivity index (χ0n) is 13.4. The van der Waals surface area contributed by atoms with Crippen LogP contribution in [0.4, 0.5) is 4.39 Å². The monoisotopic (exact) mass is 330 g/mol. The first-order valence-electron chi connectivity index (χ1n) is 7.96. The summed E-state index contributed by atoms with van der Waals surface area (Å²) < 4.78 is 13.4. The first kappa shape index (κ1) is 16.2. The number of carbonyl (C=O) groups is 2. The van der Waals surface area contributed by atoms with Crippen LogP contribution < -0.4 is 5.32 Å². The van der Waals surface area contributed by atoms with Gasteiger partial charge in [-0.05, 0) is 18.6 Å². The summed E-state index contributed by atoms with van der Waals surface area (Å²) >= 11 is 0. The molecule has 1 aliphatic heterocycles. The van der Waals surface area contributed by atoms with Gasteiger partial charge in [-0.3, -0.25) is 14.7 Å². The highest BCUT2D eigenvalue weighted by Crippen LogP contribution is 2.22. The molecule has 0 bridgehead atoms. The number of hydrogen-bond acceptors (Lipinski definition) is 3. The van der Waals surface area contributed by atoms with E-state index in [9.17, 15) is 14.0 Å². The molecule has 1 aromatic heterocycles. The molecule has 126 valence electrons. The maximum atomic E-state index is 13.4. The smallest absolute Gasteiger partial charge is 0.255 e. The predicted octanol–water partition coefficient (Wildman–Crippen LogP) is 1.96. The predicted molar refractivity (Wildman–Crippen MR) is 86.7 cm³/mol. The Morgan fingerprint density at radius 3 is 3.08 bits per heavy atom. The van der Waals surface area contributed by atoms with Gasteiger partial charge in [0.25, 0.3) is 5.91 Å². The molecule has 1 aromatic carbocycles. The van der Waals surface area contributed by atoms with Crippen molar-refractivity contribution in [2.45, 2.75) is 25.8 Å². The molecule has 0 unspecified atom stereocenters. The second-order valence-corrected chi connectivity index (χ2v) is 5.88. The molecule has 6 nitrogen and oxygen atoms in total. The second-order valence-electron chi connectivity index (χ2n) is 5.88. The Morgan fingerprint density at radius 2 is 2.33 bits per heavy atom. The number of likely N-dealkylation sites (tertiary alicyclic amines) is 1. The van der Waals surface area contributed by atoms with Crippen molar-refractivity contribution >= 4 is 11.8 Å². The third kappa shape index (κ3) is 3.29. The van der Waals surface area contributed by atoms with Gasteiger partial charge in [0.15, 0.2) is 0 Å². The Labute approximate surface area is 139 Å². The molecule has 0 aliphatic carbocycles. The summed E-state index contributed by atoms with van der Waals surface area (Å²) in [5.41, 5.74) is 1.34. The van der Waals surface area contributed by atoms with Gasteiger partial charge in [0.1, 0.15) is 5.82 Å². The fourth-order valence-corrected chi connectivity index (χ4v) is 2.94. The standard InChI is InChI=1S/C17H19FN4O2/c1-2-6-22-10-13(8-15(22)23)20-17(24)14-9-19-21-16(14)11-4-3-5-12(18)7-11/h3-5,7,9,13H,2,6,8,10H2,1H3,(H,19,21)(H,20,24)/t13-/m0/s1. The molecule has 0 saturated carbocycles. The Hall–Kier alpha value is -2.70. The summed E-state index contributed by atoms with van der Waals surface area (Å²) in [6.07, 6.45) is 2.60. The first-order chi connectivity index (χ1) is 11.6. The van der Waals surface area contributed by atoms with E-state index in [1.807, 2.05) is 6.92 Å². The van der Waals surface area contributed by atoms with E-state index in [-0.39, 0.29) is 23.7 Å². The third-order valence-electron chi connectivity index (χ3n) is 4.04. The number of halogens is 1.